The summed E-state index contributed by atoms with van der Waals surface area (Å²) in [7, 11) is -3.79. The molecule has 0 radical (unpaired) electrons. The van der Waals surface area contributed by atoms with Gasteiger partial charge in [-0.15, -0.1) is 0 Å². The number of anilines is 1. The summed E-state index contributed by atoms with van der Waals surface area (Å²) in [5.41, 5.74) is 1.04. The van der Waals surface area contributed by atoms with Gasteiger partial charge in [0, 0.05) is 24.8 Å². The van der Waals surface area contributed by atoms with Crippen LogP contribution in [-0.4, -0.2) is 43.2 Å². The largest absolute Gasteiger partial charge is 0.477 e. The van der Waals surface area contributed by atoms with Crippen LogP contribution in [0.5, 0.6) is 5.75 Å². The highest BCUT2D eigenvalue weighted by atomic mass is 32.2. The van der Waals surface area contributed by atoms with Gasteiger partial charge in [0.1, 0.15) is 0 Å². The van der Waals surface area contributed by atoms with Crippen LogP contribution in [0.15, 0.2) is 47.4 Å². The number of ether oxygens (including phenoxy) is 1. The second kappa shape index (κ2) is 8.58. The van der Waals surface area contributed by atoms with Gasteiger partial charge >= 0.3 is 5.69 Å². The zero-order chi connectivity index (χ0) is 21.0. The molecule has 0 spiro atoms. The Kier molecular flexibility index (Phi) is 6.14. The first kappa shape index (κ1) is 20.7. The van der Waals surface area contributed by atoms with Crippen molar-refractivity contribution in [1.29, 1.82) is 0 Å². The molecule has 1 heterocycles. The number of hydrogen-bond acceptors (Lipinski definition) is 6. The molecule has 10 heteroatoms. The van der Waals surface area contributed by atoms with Gasteiger partial charge < -0.3 is 10.1 Å². The maximum absolute atomic E-state index is 12.6. The van der Waals surface area contributed by atoms with Crippen LogP contribution >= 0.6 is 0 Å². The molecule has 2 aromatic carbocycles. The summed E-state index contributed by atoms with van der Waals surface area (Å²) < 4.78 is 31.8. The van der Waals surface area contributed by atoms with E-state index in [4.69, 9.17) is 4.74 Å². The van der Waals surface area contributed by atoms with Crippen molar-refractivity contribution in [2.75, 3.05) is 25.0 Å². The van der Waals surface area contributed by atoms with Crippen LogP contribution in [0, 0.1) is 17.0 Å². The van der Waals surface area contributed by atoms with Gasteiger partial charge in [0.15, 0.2) is 12.4 Å². The number of carbonyl (C=O) groups is 1. The summed E-state index contributed by atoms with van der Waals surface area (Å²) in [6, 6.07) is 10.6. The third kappa shape index (κ3) is 4.90. The molecule has 1 saturated heterocycles. The van der Waals surface area contributed by atoms with Crippen molar-refractivity contribution in [2.24, 2.45) is 0 Å². The molecule has 0 unspecified atom stereocenters. The van der Waals surface area contributed by atoms with Gasteiger partial charge in [-0.2, -0.15) is 4.31 Å². The summed E-state index contributed by atoms with van der Waals surface area (Å²) >= 11 is 0. The van der Waals surface area contributed by atoms with E-state index in [1.54, 1.807) is 18.2 Å². The fourth-order valence-corrected chi connectivity index (χ4v) is 4.60. The fraction of sp³-hybridized carbons (Fsp3) is 0.316. The van der Waals surface area contributed by atoms with E-state index in [0.717, 1.165) is 24.5 Å². The fourth-order valence-electron chi connectivity index (χ4n) is 3.06. The lowest BCUT2D eigenvalue weighted by Crippen LogP contribution is -2.28. The minimum atomic E-state index is -3.79. The van der Waals surface area contributed by atoms with Crippen molar-refractivity contribution in [3.63, 3.8) is 0 Å². The maximum Gasteiger partial charge on any atom is 0.312 e. The molecule has 0 aromatic heterocycles. The van der Waals surface area contributed by atoms with Crippen molar-refractivity contribution in [3.05, 3.63) is 58.1 Å². The Labute approximate surface area is 168 Å². The molecule has 1 amide bonds. The predicted octanol–water partition coefficient (Wildman–Crippen LogP) is 2.71. The number of nitrogens with zero attached hydrogens (tertiary/aromatic N) is 2. The van der Waals surface area contributed by atoms with E-state index < -0.39 is 33.1 Å². The first-order valence-corrected chi connectivity index (χ1v) is 10.5. The number of aryl methyl sites for hydroxylation is 1. The molecule has 1 N–H and O–H groups in total. The number of benzene rings is 2. The van der Waals surface area contributed by atoms with E-state index in [1.165, 1.54) is 16.4 Å². The Hall–Kier alpha value is -2.98. The van der Waals surface area contributed by atoms with Gasteiger partial charge in [-0.25, -0.2) is 8.42 Å². The van der Waals surface area contributed by atoms with Gasteiger partial charge in [0.05, 0.1) is 9.82 Å². The highest BCUT2D eigenvalue weighted by Crippen LogP contribution is 2.31. The number of amides is 1. The zero-order valence-electron chi connectivity index (χ0n) is 15.8. The molecule has 3 rings (SSSR count). The van der Waals surface area contributed by atoms with Crippen molar-refractivity contribution >= 4 is 27.3 Å². The van der Waals surface area contributed by atoms with Gasteiger partial charge in [-0.3, -0.25) is 14.9 Å². The van der Waals surface area contributed by atoms with Crippen molar-refractivity contribution < 1.29 is 22.9 Å². The van der Waals surface area contributed by atoms with Crippen LogP contribution in [0.3, 0.4) is 0 Å². The zero-order valence-corrected chi connectivity index (χ0v) is 16.6. The lowest BCUT2D eigenvalue weighted by Gasteiger charge is -2.16. The number of sulfonamides is 1. The van der Waals surface area contributed by atoms with E-state index in [1.807, 2.05) is 13.0 Å². The monoisotopic (exact) mass is 419 g/mol. The molecule has 1 aliphatic rings. The first-order chi connectivity index (χ1) is 13.8. The molecular weight excluding hydrogens is 398 g/mol. The molecule has 1 aliphatic heterocycles. The molecule has 0 aliphatic carbocycles. The number of rotatable bonds is 7. The Morgan fingerprint density at radius 3 is 2.59 bits per heavy atom. The number of hydrogen-bond donors (Lipinski definition) is 1. The second-order valence-corrected chi connectivity index (χ2v) is 8.64. The Morgan fingerprint density at radius 2 is 1.93 bits per heavy atom. The Bertz CT molecular complexity index is 1030. The van der Waals surface area contributed by atoms with Gasteiger partial charge in [0.25, 0.3) is 5.91 Å². The summed E-state index contributed by atoms with van der Waals surface area (Å²) in [6.45, 7) is 2.22. The van der Waals surface area contributed by atoms with Crippen LogP contribution in [0.2, 0.25) is 0 Å². The van der Waals surface area contributed by atoms with Crippen molar-refractivity contribution in [3.8, 4) is 5.75 Å². The minimum Gasteiger partial charge on any atom is -0.477 e. The standard InChI is InChI=1S/C19H21N3O6S/c1-14-5-4-6-15(11-14)20-19(23)13-28-18-8-7-16(12-17(18)22(24)25)29(26,27)21-9-2-3-10-21/h4-8,11-12H,2-3,9-10,13H2,1H3,(H,20,23). The van der Waals surface area contributed by atoms with E-state index in [2.05, 4.69) is 5.32 Å². The molecule has 0 atom stereocenters. The quantitative estimate of drug-likeness (QED) is 0.544. The van der Waals surface area contributed by atoms with Gasteiger partial charge in [0.2, 0.25) is 10.0 Å². The lowest BCUT2D eigenvalue weighted by molar-refractivity contribution is -0.386. The van der Waals surface area contributed by atoms with Crippen LogP contribution in [0.4, 0.5) is 11.4 Å². The summed E-state index contributed by atoms with van der Waals surface area (Å²) in [5, 5.41) is 14.1. The molecule has 0 saturated carbocycles. The second-order valence-electron chi connectivity index (χ2n) is 6.70. The minimum absolute atomic E-state index is 0.164. The van der Waals surface area contributed by atoms with E-state index in [-0.39, 0.29) is 10.6 Å². The molecule has 1 fully saturated rings. The molecular formula is C19H21N3O6S. The van der Waals surface area contributed by atoms with Crippen LogP contribution in [0.25, 0.3) is 0 Å². The molecule has 29 heavy (non-hydrogen) atoms. The number of carbonyl (C=O) groups excluding carboxylic acids is 1. The number of nitrogens with one attached hydrogen (secondary N) is 1. The third-order valence-corrected chi connectivity index (χ3v) is 6.39. The van der Waals surface area contributed by atoms with E-state index >= 15 is 0 Å². The SMILES string of the molecule is Cc1cccc(NC(=O)COc2ccc(S(=O)(=O)N3CCCC3)cc2[N+](=O)[O-])c1. The predicted molar refractivity (Wildman–Crippen MR) is 106 cm³/mol. The van der Waals surface area contributed by atoms with Gasteiger partial charge in [-0.1, -0.05) is 12.1 Å². The average Bonchev–Trinajstić information content (AvgIpc) is 3.22. The topological polar surface area (TPSA) is 119 Å². The van der Waals surface area contributed by atoms with E-state index in [0.29, 0.717) is 18.8 Å². The number of nitro groups is 1. The molecule has 9 nitrogen and oxygen atoms in total. The highest BCUT2D eigenvalue weighted by molar-refractivity contribution is 7.89. The average molecular weight is 419 g/mol. The summed E-state index contributed by atoms with van der Waals surface area (Å²) in [5.74, 6) is -0.659. The number of nitro benzene ring substituents is 1. The van der Waals surface area contributed by atoms with E-state index in [9.17, 15) is 23.3 Å². The maximum atomic E-state index is 12.6. The molecule has 2 aromatic rings. The molecule has 154 valence electrons. The normalized spacial score (nSPS) is 14.5. The lowest BCUT2D eigenvalue weighted by atomic mass is 10.2. The van der Waals surface area contributed by atoms with Crippen LogP contribution < -0.4 is 10.1 Å². The summed E-state index contributed by atoms with van der Waals surface area (Å²) in [6.07, 6.45) is 1.52. The first-order valence-electron chi connectivity index (χ1n) is 9.05. The van der Waals surface area contributed by atoms with Crippen LogP contribution in [0.1, 0.15) is 18.4 Å². The Balaban J connectivity index is 1.74. The smallest absolute Gasteiger partial charge is 0.312 e. The highest BCUT2D eigenvalue weighted by Gasteiger charge is 2.30. The van der Waals surface area contributed by atoms with Gasteiger partial charge in [-0.05, 0) is 49.6 Å². The van der Waals surface area contributed by atoms with Crippen LogP contribution in [-0.2, 0) is 14.8 Å². The summed E-state index contributed by atoms with van der Waals surface area (Å²) in [4.78, 5) is 22.6. The van der Waals surface area contributed by atoms with Crippen molar-refractivity contribution in [1.82, 2.24) is 4.31 Å². The molecule has 0 bridgehead atoms. The third-order valence-electron chi connectivity index (χ3n) is 4.49. The van der Waals surface area contributed by atoms with Crippen molar-refractivity contribution in [2.45, 2.75) is 24.7 Å². The Morgan fingerprint density at radius 1 is 1.21 bits per heavy atom.